The highest BCUT2D eigenvalue weighted by molar-refractivity contribution is 7.90. The molecule has 0 aromatic heterocycles. The zero-order valence-electron chi connectivity index (χ0n) is 15.3. The summed E-state index contributed by atoms with van der Waals surface area (Å²) in [6.45, 7) is 3.86. The predicted molar refractivity (Wildman–Crippen MR) is 103 cm³/mol. The Morgan fingerprint density at radius 2 is 1.04 bits per heavy atom. The first kappa shape index (κ1) is 20.0. The van der Waals surface area contributed by atoms with Crippen LogP contribution in [0.15, 0.2) is 70.5 Å². The number of hydrogen-bond acceptors (Lipinski definition) is 5. The van der Waals surface area contributed by atoms with E-state index < -0.39 is 20.0 Å². The van der Waals surface area contributed by atoms with Gasteiger partial charge < -0.3 is 0 Å². The molecule has 1 aliphatic rings. The second-order valence-corrected chi connectivity index (χ2v) is 10.5. The molecular weight excluding hydrogens is 386 g/mol. The van der Waals surface area contributed by atoms with Crippen molar-refractivity contribution in [2.24, 2.45) is 0 Å². The van der Waals surface area contributed by atoms with Gasteiger partial charge >= 0.3 is 0 Å². The van der Waals surface area contributed by atoms with E-state index in [4.69, 9.17) is 0 Å². The van der Waals surface area contributed by atoms with Crippen molar-refractivity contribution in [1.82, 2.24) is 13.5 Å². The van der Waals surface area contributed by atoms with E-state index in [0.29, 0.717) is 0 Å². The predicted octanol–water partition coefficient (Wildman–Crippen LogP) is 1.96. The molecule has 1 fully saturated rings. The van der Waals surface area contributed by atoms with Gasteiger partial charge in [-0.15, -0.1) is 0 Å². The van der Waals surface area contributed by atoms with Gasteiger partial charge in [0.25, 0.3) is 0 Å². The van der Waals surface area contributed by atoms with Gasteiger partial charge in [0.2, 0.25) is 20.0 Å². The molecule has 0 unspecified atom stereocenters. The zero-order valence-corrected chi connectivity index (χ0v) is 16.9. The lowest BCUT2D eigenvalue weighted by Gasteiger charge is -2.42. The quantitative estimate of drug-likeness (QED) is 0.754. The molecule has 9 heteroatoms. The molecule has 27 heavy (non-hydrogen) atoms. The van der Waals surface area contributed by atoms with Crippen LogP contribution in [0, 0.1) is 0 Å². The molecule has 0 atom stereocenters. The fourth-order valence-corrected chi connectivity index (χ4v) is 5.68. The molecule has 0 N–H and O–H groups in total. The van der Waals surface area contributed by atoms with Crippen LogP contribution >= 0.6 is 0 Å². The van der Waals surface area contributed by atoms with Crippen LogP contribution in [-0.2, 0) is 20.0 Å². The second kappa shape index (κ2) is 7.69. The maximum atomic E-state index is 13.0. The average Bonchev–Trinajstić information content (AvgIpc) is 2.69. The maximum absolute atomic E-state index is 13.0. The van der Waals surface area contributed by atoms with Crippen LogP contribution in [0.25, 0.3) is 0 Å². The molecule has 1 heterocycles. The van der Waals surface area contributed by atoms with Gasteiger partial charge in [-0.1, -0.05) is 36.4 Å². The lowest BCUT2D eigenvalue weighted by atomic mass is 10.3. The van der Waals surface area contributed by atoms with Gasteiger partial charge in [0.1, 0.15) is 0 Å². The summed E-state index contributed by atoms with van der Waals surface area (Å²) in [6.07, 6.45) is 0. The van der Waals surface area contributed by atoms with Gasteiger partial charge in [0, 0.05) is 6.04 Å². The first-order valence-corrected chi connectivity index (χ1v) is 11.5. The Hall–Kier alpha value is -1.78. The van der Waals surface area contributed by atoms with Crippen molar-refractivity contribution in [3.8, 4) is 0 Å². The third-order valence-electron chi connectivity index (χ3n) is 4.49. The summed E-state index contributed by atoms with van der Waals surface area (Å²) in [6, 6.07) is 16.1. The van der Waals surface area contributed by atoms with Crippen LogP contribution in [-0.4, -0.2) is 56.4 Å². The topological polar surface area (TPSA) is 78.0 Å². The van der Waals surface area contributed by atoms with Crippen molar-refractivity contribution in [3.05, 3.63) is 60.7 Å². The number of nitrogens with zero attached hydrogens (tertiary/aromatic N) is 3. The van der Waals surface area contributed by atoms with Gasteiger partial charge in [-0.3, -0.25) is 4.90 Å². The molecule has 0 radical (unpaired) electrons. The molecule has 0 saturated carbocycles. The van der Waals surface area contributed by atoms with E-state index in [9.17, 15) is 16.8 Å². The fourth-order valence-electron chi connectivity index (χ4n) is 2.83. The largest absolute Gasteiger partial charge is 0.273 e. The lowest BCUT2D eigenvalue weighted by molar-refractivity contribution is 0.0411. The van der Waals surface area contributed by atoms with E-state index in [1.165, 1.54) is 32.9 Å². The maximum Gasteiger partial charge on any atom is 0.245 e. The van der Waals surface area contributed by atoms with E-state index in [2.05, 4.69) is 0 Å². The van der Waals surface area contributed by atoms with Crippen LogP contribution in [0.2, 0.25) is 0 Å². The Labute approximate surface area is 160 Å². The SMILES string of the molecule is CC(C)N1CN(S(=O)(=O)c2ccccc2)CN(S(=O)(=O)c2ccccc2)C1. The lowest BCUT2D eigenvalue weighted by Crippen LogP contribution is -2.59. The highest BCUT2D eigenvalue weighted by atomic mass is 32.2. The van der Waals surface area contributed by atoms with E-state index >= 15 is 0 Å². The molecule has 0 bridgehead atoms. The minimum atomic E-state index is -3.82. The molecule has 1 saturated heterocycles. The van der Waals surface area contributed by atoms with Crippen molar-refractivity contribution >= 4 is 20.0 Å². The normalized spacial score (nSPS) is 18.0. The van der Waals surface area contributed by atoms with E-state index in [-0.39, 0.29) is 35.8 Å². The molecule has 0 amide bonds. The van der Waals surface area contributed by atoms with E-state index in [0.717, 1.165) is 0 Å². The van der Waals surface area contributed by atoms with Gasteiger partial charge in [0.15, 0.2) is 0 Å². The molecule has 2 aromatic rings. The van der Waals surface area contributed by atoms with Gasteiger partial charge in [-0.05, 0) is 38.1 Å². The monoisotopic (exact) mass is 409 g/mol. The van der Waals surface area contributed by atoms with Crippen LogP contribution in [0.4, 0.5) is 0 Å². The van der Waals surface area contributed by atoms with E-state index in [1.54, 1.807) is 36.4 Å². The first-order chi connectivity index (χ1) is 12.7. The van der Waals surface area contributed by atoms with Crippen LogP contribution < -0.4 is 0 Å². The highest BCUT2D eigenvalue weighted by Crippen LogP contribution is 2.24. The van der Waals surface area contributed by atoms with Crippen LogP contribution in [0.1, 0.15) is 13.8 Å². The number of hydrogen-bond donors (Lipinski definition) is 0. The van der Waals surface area contributed by atoms with Gasteiger partial charge in [-0.2, -0.15) is 8.61 Å². The Balaban J connectivity index is 1.98. The number of benzene rings is 2. The molecular formula is C18H23N3O4S2. The summed E-state index contributed by atoms with van der Waals surface area (Å²) in [5, 5.41) is 0. The summed E-state index contributed by atoms with van der Waals surface area (Å²) in [7, 11) is -7.64. The van der Waals surface area contributed by atoms with Crippen molar-refractivity contribution in [2.75, 3.05) is 20.0 Å². The van der Waals surface area contributed by atoms with E-state index in [1.807, 2.05) is 18.7 Å². The summed E-state index contributed by atoms with van der Waals surface area (Å²) < 4.78 is 54.6. The first-order valence-electron chi connectivity index (χ1n) is 8.57. The van der Waals surface area contributed by atoms with Gasteiger partial charge in [0.05, 0.1) is 29.8 Å². The molecule has 3 rings (SSSR count). The summed E-state index contributed by atoms with van der Waals surface area (Å²) >= 11 is 0. The van der Waals surface area contributed by atoms with Crippen molar-refractivity contribution < 1.29 is 16.8 Å². The Kier molecular flexibility index (Phi) is 5.68. The van der Waals surface area contributed by atoms with Gasteiger partial charge in [-0.25, -0.2) is 16.8 Å². The number of rotatable bonds is 5. The van der Waals surface area contributed by atoms with Crippen molar-refractivity contribution in [3.63, 3.8) is 0 Å². The standard InChI is InChI=1S/C18H23N3O4S2/c1-16(2)19-13-20(26(22,23)17-9-5-3-6-10-17)15-21(14-19)27(24,25)18-11-7-4-8-12-18/h3-12,16H,13-15H2,1-2H3. The zero-order chi connectivity index (χ0) is 19.7. The third-order valence-corrected chi connectivity index (χ3v) is 8.04. The fraction of sp³-hybridized carbons (Fsp3) is 0.333. The minimum absolute atomic E-state index is 0.0211. The molecule has 146 valence electrons. The molecule has 1 aliphatic heterocycles. The van der Waals surface area contributed by atoms with Crippen LogP contribution in [0.3, 0.4) is 0 Å². The molecule has 0 aliphatic carbocycles. The Bertz CT molecular complexity index is 900. The molecule has 7 nitrogen and oxygen atoms in total. The Morgan fingerprint density at radius 3 is 1.37 bits per heavy atom. The third kappa shape index (κ3) is 4.07. The second-order valence-electron chi connectivity index (χ2n) is 6.65. The Morgan fingerprint density at radius 1 is 0.667 bits per heavy atom. The van der Waals surface area contributed by atoms with Crippen molar-refractivity contribution in [1.29, 1.82) is 0 Å². The average molecular weight is 410 g/mol. The summed E-state index contributed by atoms with van der Waals surface area (Å²) in [5.74, 6) is 0. The molecule has 2 aromatic carbocycles. The van der Waals surface area contributed by atoms with Crippen LogP contribution in [0.5, 0.6) is 0 Å². The smallest absolute Gasteiger partial charge is 0.245 e. The van der Waals surface area contributed by atoms with Crippen molar-refractivity contribution in [2.45, 2.75) is 29.7 Å². The summed E-state index contributed by atoms with van der Waals surface area (Å²) in [5.41, 5.74) is 0. The molecule has 0 spiro atoms. The minimum Gasteiger partial charge on any atom is -0.273 e. The highest BCUT2D eigenvalue weighted by Gasteiger charge is 2.38. The summed E-state index contributed by atoms with van der Waals surface area (Å²) in [4.78, 5) is 2.10. The number of sulfonamides is 2.